The van der Waals surface area contributed by atoms with E-state index in [0.717, 1.165) is 18.4 Å². The van der Waals surface area contributed by atoms with Gasteiger partial charge in [-0.25, -0.2) is 0 Å². The van der Waals surface area contributed by atoms with Crippen LogP contribution in [0.5, 0.6) is 0 Å². The Kier molecular flexibility index (Phi) is 3.07. The minimum absolute atomic E-state index is 0.150. The number of nitrogens with one attached hydrogen (secondary N) is 1. The Balaban J connectivity index is 1.69. The van der Waals surface area contributed by atoms with Crippen LogP contribution < -0.4 is 5.32 Å². The Bertz CT molecular complexity index is 571. The molecule has 1 aromatic carbocycles. The molecule has 0 spiro atoms. The lowest BCUT2D eigenvalue weighted by Gasteiger charge is -2.32. The van der Waals surface area contributed by atoms with Gasteiger partial charge in [0.05, 0.1) is 0 Å². The molecule has 0 bridgehead atoms. The van der Waals surface area contributed by atoms with Crippen LogP contribution in [0, 0.1) is 5.92 Å². The number of aromatic nitrogens is 1. The fourth-order valence-corrected chi connectivity index (χ4v) is 2.40. The average molecular weight is 256 g/mol. The first kappa shape index (κ1) is 12.0. The number of hydrogen-bond donors (Lipinski definition) is 1. The van der Waals surface area contributed by atoms with E-state index < -0.39 is 0 Å². The third-order valence-corrected chi connectivity index (χ3v) is 3.51. The maximum absolute atomic E-state index is 12.0. The number of hydrogen-bond acceptors (Lipinski definition) is 3. The van der Waals surface area contributed by atoms with E-state index >= 15 is 0 Å². The number of rotatable bonds is 3. The normalized spacial score (nSPS) is 21.7. The molecule has 2 aromatic rings. The van der Waals surface area contributed by atoms with Gasteiger partial charge in [-0.1, -0.05) is 42.4 Å². The Morgan fingerprint density at radius 1 is 1.32 bits per heavy atom. The van der Waals surface area contributed by atoms with Crippen LogP contribution in [-0.2, 0) is 0 Å². The molecule has 1 aliphatic rings. The molecule has 0 radical (unpaired) electrons. The van der Waals surface area contributed by atoms with Crippen molar-refractivity contribution in [2.24, 2.45) is 5.92 Å². The summed E-state index contributed by atoms with van der Waals surface area (Å²) < 4.78 is 5.22. The van der Waals surface area contributed by atoms with Crippen LogP contribution in [0.3, 0.4) is 0 Å². The highest BCUT2D eigenvalue weighted by atomic mass is 16.5. The number of carbonyl (C=O) groups excluding carboxylic acids is 1. The second-order valence-electron chi connectivity index (χ2n) is 5.19. The van der Waals surface area contributed by atoms with Crippen LogP contribution in [0.25, 0.3) is 11.3 Å². The quantitative estimate of drug-likeness (QED) is 0.918. The van der Waals surface area contributed by atoms with Gasteiger partial charge >= 0.3 is 0 Å². The summed E-state index contributed by atoms with van der Waals surface area (Å²) in [5.41, 5.74) is 1.27. The van der Waals surface area contributed by atoms with E-state index in [4.69, 9.17) is 4.52 Å². The van der Waals surface area contributed by atoms with Gasteiger partial charge < -0.3 is 9.84 Å². The zero-order chi connectivity index (χ0) is 13.2. The Labute approximate surface area is 111 Å². The molecule has 1 amide bonds. The number of carbonyl (C=O) groups is 1. The molecule has 1 aromatic heterocycles. The summed E-state index contributed by atoms with van der Waals surface area (Å²) in [6.07, 6.45) is 2.10. The molecule has 1 aliphatic carbocycles. The molecule has 98 valence electrons. The first-order valence-electron chi connectivity index (χ1n) is 6.55. The molecule has 0 atom stereocenters. The van der Waals surface area contributed by atoms with Gasteiger partial charge in [0.25, 0.3) is 5.91 Å². The molecule has 0 saturated heterocycles. The van der Waals surface area contributed by atoms with Gasteiger partial charge in [0.2, 0.25) is 0 Å². The van der Waals surface area contributed by atoms with Gasteiger partial charge in [-0.15, -0.1) is 0 Å². The summed E-state index contributed by atoms with van der Waals surface area (Å²) in [6.45, 7) is 2.19. The first-order chi connectivity index (χ1) is 9.22. The summed E-state index contributed by atoms with van der Waals surface area (Å²) in [4.78, 5) is 12.0. The minimum atomic E-state index is -0.150. The molecule has 4 heteroatoms. The molecule has 1 saturated carbocycles. The van der Waals surface area contributed by atoms with Gasteiger partial charge in [-0.2, -0.15) is 0 Å². The zero-order valence-corrected chi connectivity index (χ0v) is 10.8. The number of nitrogens with zero attached hydrogens (tertiary/aromatic N) is 1. The highest BCUT2D eigenvalue weighted by molar-refractivity contribution is 5.93. The van der Waals surface area contributed by atoms with Crippen molar-refractivity contribution in [1.29, 1.82) is 0 Å². The van der Waals surface area contributed by atoms with Crippen LogP contribution in [0.4, 0.5) is 0 Å². The topological polar surface area (TPSA) is 55.1 Å². The molecule has 1 N–H and O–H groups in total. The second kappa shape index (κ2) is 4.88. The van der Waals surface area contributed by atoms with E-state index in [2.05, 4.69) is 17.4 Å². The van der Waals surface area contributed by atoms with E-state index in [0.29, 0.717) is 23.4 Å². The van der Waals surface area contributed by atoms with E-state index in [1.165, 1.54) is 0 Å². The van der Waals surface area contributed by atoms with Crippen molar-refractivity contribution in [1.82, 2.24) is 10.5 Å². The zero-order valence-electron chi connectivity index (χ0n) is 10.8. The SMILES string of the molecule is C[C@H]1C[C@H](NC(=O)c2cc(-c3ccccc3)on2)C1. The van der Waals surface area contributed by atoms with Gasteiger partial charge in [0.15, 0.2) is 11.5 Å². The maximum Gasteiger partial charge on any atom is 0.273 e. The van der Waals surface area contributed by atoms with Crippen molar-refractivity contribution in [3.8, 4) is 11.3 Å². The van der Waals surface area contributed by atoms with Crippen LogP contribution >= 0.6 is 0 Å². The molecule has 0 aliphatic heterocycles. The fourth-order valence-electron chi connectivity index (χ4n) is 2.40. The van der Waals surface area contributed by atoms with E-state index in [1.54, 1.807) is 6.07 Å². The molecular weight excluding hydrogens is 240 g/mol. The van der Waals surface area contributed by atoms with Crippen molar-refractivity contribution < 1.29 is 9.32 Å². The standard InChI is InChI=1S/C15H16N2O2/c1-10-7-12(8-10)16-15(18)13-9-14(19-17-13)11-5-3-2-4-6-11/h2-6,9-10,12H,7-8H2,1H3,(H,16,18)/t10-,12-. The average Bonchev–Trinajstić information content (AvgIpc) is 2.87. The fraction of sp³-hybridized carbons (Fsp3) is 0.333. The van der Waals surface area contributed by atoms with E-state index in [1.807, 2.05) is 30.3 Å². The van der Waals surface area contributed by atoms with Crippen LogP contribution in [0.2, 0.25) is 0 Å². The molecule has 1 heterocycles. The lowest BCUT2D eigenvalue weighted by atomic mass is 9.82. The predicted molar refractivity (Wildman–Crippen MR) is 71.6 cm³/mol. The monoisotopic (exact) mass is 256 g/mol. The van der Waals surface area contributed by atoms with Crippen molar-refractivity contribution >= 4 is 5.91 Å². The molecule has 19 heavy (non-hydrogen) atoms. The lowest BCUT2D eigenvalue weighted by Crippen LogP contribution is -2.43. The number of benzene rings is 1. The minimum Gasteiger partial charge on any atom is -0.355 e. The Morgan fingerprint density at radius 3 is 2.74 bits per heavy atom. The predicted octanol–water partition coefficient (Wildman–Crippen LogP) is 2.87. The molecular formula is C15H16N2O2. The van der Waals surface area contributed by atoms with Crippen molar-refractivity contribution in [3.05, 3.63) is 42.1 Å². The Morgan fingerprint density at radius 2 is 2.05 bits per heavy atom. The van der Waals surface area contributed by atoms with Crippen LogP contribution in [0.15, 0.2) is 40.9 Å². The third kappa shape index (κ3) is 2.52. The summed E-state index contributed by atoms with van der Waals surface area (Å²) in [7, 11) is 0. The smallest absolute Gasteiger partial charge is 0.273 e. The van der Waals surface area contributed by atoms with Gasteiger partial charge in [0, 0.05) is 17.7 Å². The summed E-state index contributed by atoms with van der Waals surface area (Å²) in [5, 5.41) is 6.80. The summed E-state index contributed by atoms with van der Waals surface area (Å²) in [5.74, 6) is 1.18. The second-order valence-corrected chi connectivity index (χ2v) is 5.19. The molecule has 3 rings (SSSR count). The van der Waals surface area contributed by atoms with Gasteiger partial charge in [-0.05, 0) is 18.8 Å². The van der Waals surface area contributed by atoms with Crippen molar-refractivity contribution in [3.63, 3.8) is 0 Å². The van der Waals surface area contributed by atoms with Gasteiger partial charge in [-0.3, -0.25) is 4.79 Å². The number of amides is 1. The maximum atomic E-state index is 12.0. The molecule has 1 fully saturated rings. The summed E-state index contributed by atoms with van der Waals surface area (Å²) >= 11 is 0. The largest absolute Gasteiger partial charge is 0.355 e. The van der Waals surface area contributed by atoms with Crippen LogP contribution in [-0.4, -0.2) is 17.1 Å². The highest BCUT2D eigenvalue weighted by Gasteiger charge is 2.27. The van der Waals surface area contributed by atoms with E-state index in [9.17, 15) is 4.79 Å². The Hall–Kier alpha value is -2.10. The first-order valence-corrected chi connectivity index (χ1v) is 6.55. The van der Waals surface area contributed by atoms with Crippen molar-refractivity contribution in [2.45, 2.75) is 25.8 Å². The van der Waals surface area contributed by atoms with E-state index in [-0.39, 0.29) is 5.91 Å². The molecule has 4 nitrogen and oxygen atoms in total. The van der Waals surface area contributed by atoms with Crippen LogP contribution in [0.1, 0.15) is 30.3 Å². The summed E-state index contributed by atoms with van der Waals surface area (Å²) in [6, 6.07) is 11.6. The highest BCUT2D eigenvalue weighted by Crippen LogP contribution is 2.26. The van der Waals surface area contributed by atoms with Gasteiger partial charge in [0.1, 0.15) is 0 Å². The van der Waals surface area contributed by atoms with Crippen molar-refractivity contribution in [2.75, 3.05) is 0 Å². The molecule has 0 unspecified atom stereocenters. The third-order valence-electron chi connectivity index (χ3n) is 3.51. The lowest BCUT2D eigenvalue weighted by molar-refractivity contribution is 0.0887.